The minimum atomic E-state index is -1.02. The molecule has 226 valence electrons. The van der Waals surface area contributed by atoms with E-state index in [2.05, 4.69) is 14.9 Å². The van der Waals surface area contributed by atoms with E-state index in [0.717, 1.165) is 19.4 Å². The maximum absolute atomic E-state index is 16.7. The third kappa shape index (κ3) is 4.93. The average Bonchev–Trinajstić information content (AvgIpc) is 3.46. The van der Waals surface area contributed by atoms with Gasteiger partial charge in [0, 0.05) is 47.4 Å². The second-order valence-corrected chi connectivity index (χ2v) is 12.9. The number of rotatable bonds is 5. The molecule has 3 fully saturated rings. The summed E-state index contributed by atoms with van der Waals surface area (Å²) >= 11 is 6.49. The molecule has 0 saturated carbocycles. The van der Waals surface area contributed by atoms with Crippen molar-refractivity contribution in [2.45, 2.75) is 56.3 Å². The number of fused-ring (bicyclic) bond motifs is 3. The lowest BCUT2D eigenvalue weighted by Gasteiger charge is -2.38. The largest absolute Gasteiger partial charge is 0.508 e. The van der Waals surface area contributed by atoms with Gasteiger partial charge < -0.3 is 19.8 Å². The molecule has 0 radical (unpaired) electrons. The first-order chi connectivity index (χ1) is 20.5. The highest BCUT2D eigenvalue weighted by molar-refractivity contribution is 6.36. The molecule has 0 aliphatic carbocycles. The van der Waals surface area contributed by atoms with Gasteiger partial charge in [0.25, 0.3) is 0 Å². The van der Waals surface area contributed by atoms with Crippen molar-refractivity contribution in [1.29, 1.82) is 0 Å². The number of phenolic OH excluding ortho intramolecular Hbond substituents is 1. The standard InChI is InChI=1S/C32H32ClF3N4O3/c1-31(42)7-3-9-39(16-31)29-22-13-24(35)26(21-12-20(41)11-18-5-2-6-23(33)25(18)21)27(36)28(22)37-30(38-29)43-17-32-8-4-10-40(32)15-19(34)14-32/h2,5-6,11-13,19,41-42H,3-4,7-10,14-17H2,1H3/t19-,31-,32+/m1/s1. The van der Waals surface area contributed by atoms with E-state index >= 15 is 8.78 Å². The number of ether oxygens (including phenoxy) is 1. The first kappa shape index (κ1) is 28.4. The Kier molecular flexibility index (Phi) is 6.87. The number of aromatic hydroxyl groups is 1. The van der Waals surface area contributed by atoms with Gasteiger partial charge in [-0.3, -0.25) is 4.90 Å². The highest BCUT2D eigenvalue weighted by Gasteiger charge is 2.49. The van der Waals surface area contributed by atoms with Crippen LogP contribution in [0.5, 0.6) is 11.8 Å². The first-order valence-electron chi connectivity index (χ1n) is 14.6. The number of halogens is 4. The van der Waals surface area contributed by atoms with E-state index in [1.54, 1.807) is 30.0 Å². The quantitative estimate of drug-likeness (QED) is 0.270. The topological polar surface area (TPSA) is 82.0 Å². The van der Waals surface area contributed by atoms with E-state index < -0.39 is 28.9 Å². The number of piperidine rings is 1. The molecular formula is C32H32ClF3N4O3. The Morgan fingerprint density at radius 3 is 2.74 bits per heavy atom. The summed E-state index contributed by atoms with van der Waals surface area (Å²) in [6, 6.07) is 8.85. The van der Waals surface area contributed by atoms with Crippen molar-refractivity contribution in [2.24, 2.45) is 0 Å². The number of hydrogen-bond acceptors (Lipinski definition) is 7. The molecule has 3 saturated heterocycles. The smallest absolute Gasteiger partial charge is 0.319 e. The van der Waals surface area contributed by atoms with Gasteiger partial charge in [-0.15, -0.1) is 0 Å². The van der Waals surface area contributed by atoms with Crippen LogP contribution in [-0.2, 0) is 0 Å². The highest BCUT2D eigenvalue weighted by Crippen LogP contribution is 2.43. The third-order valence-electron chi connectivity index (χ3n) is 9.23. The zero-order chi connectivity index (χ0) is 30.1. The summed E-state index contributed by atoms with van der Waals surface area (Å²) in [5.41, 5.74) is -1.97. The summed E-state index contributed by atoms with van der Waals surface area (Å²) in [4.78, 5) is 13.0. The van der Waals surface area contributed by atoms with Gasteiger partial charge >= 0.3 is 6.01 Å². The number of benzene rings is 3. The maximum Gasteiger partial charge on any atom is 0.319 e. The molecule has 7 rings (SSSR count). The highest BCUT2D eigenvalue weighted by atomic mass is 35.5. The lowest BCUT2D eigenvalue weighted by Crippen LogP contribution is -2.46. The SMILES string of the molecule is C[C@@]1(O)CCCN(c2nc(OC[C@@]34CCCN3C[C@H](F)C4)nc3c(F)c(-c4cc(O)cc5cccc(Cl)c45)c(F)cc23)C1. The molecule has 4 aromatic rings. The van der Waals surface area contributed by atoms with E-state index in [-0.39, 0.29) is 57.8 Å². The van der Waals surface area contributed by atoms with Crippen LogP contribution in [-0.4, -0.2) is 75.2 Å². The second kappa shape index (κ2) is 10.4. The van der Waals surface area contributed by atoms with Gasteiger partial charge in [-0.05, 0) is 68.8 Å². The van der Waals surface area contributed by atoms with E-state index in [4.69, 9.17) is 16.3 Å². The molecule has 3 aromatic carbocycles. The molecule has 1 aromatic heterocycles. The number of β-amino-alcohol motifs (C(OH)–C–C–N with tert-alkyl or cyclic N) is 1. The molecule has 43 heavy (non-hydrogen) atoms. The van der Waals surface area contributed by atoms with E-state index in [1.807, 2.05) is 0 Å². The molecule has 0 unspecified atom stereocenters. The van der Waals surface area contributed by atoms with Crippen LogP contribution in [0.4, 0.5) is 19.0 Å². The van der Waals surface area contributed by atoms with E-state index in [0.29, 0.717) is 43.1 Å². The minimum Gasteiger partial charge on any atom is -0.508 e. The molecule has 7 nitrogen and oxygen atoms in total. The molecule has 0 bridgehead atoms. The lowest BCUT2D eigenvalue weighted by atomic mass is 9.94. The Morgan fingerprint density at radius 2 is 1.93 bits per heavy atom. The number of aromatic nitrogens is 2. The molecule has 2 N–H and O–H groups in total. The zero-order valence-electron chi connectivity index (χ0n) is 23.7. The summed E-state index contributed by atoms with van der Waals surface area (Å²) in [7, 11) is 0. The Morgan fingerprint density at radius 1 is 1.12 bits per heavy atom. The van der Waals surface area contributed by atoms with Gasteiger partial charge in [0.2, 0.25) is 0 Å². The van der Waals surface area contributed by atoms with Crippen molar-refractivity contribution in [2.75, 3.05) is 37.7 Å². The van der Waals surface area contributed by atoms with Gasteiger partial charge in [0.05, 0.1) is 16.7 Å². The molecule has 0 amide bonds. The summed E-state index contributed by atoms with van der Waals surface area (Å²) in [5, 5.41) is 22.6. The van der Waals surface area contributed by atoms with E-state index in [9.17, 15) is 14.6 Å². The predicted molar refractivity (Wildman–Crippen MR) is 160 cm³/mol. The van der Waals surface area contributed by atoms with Gasteiger partial charge in [-0.2, -0.15) is 9.97 Å². The van der Waals surface area contributed by atoms with Crippen molar-refractivity contribution in [3.8, 4) is 22.9 Å². The van der Waals surface area contributed by atoms with Gasteiger partial charge in [-0.25, -0.2) is 13.2 Å². The number of nitrogens with zero attached hydrogens (tertiary/aromatic N) is 4. The Hall–Kier alpha value is -3.34. The lowest BCUT2D eigenvalue weighted by molar-refractivity contribution is 0.0447. The van der Waals surface area contributed by atoms with Gasteiger partial charge in [0.15, 0.2) is 5.82 Å². The van der Waals surface area contributed by atoms with Crippen LogP contribution in [0.1, 0.15) is 39.0 Å². The zero-order valence-corrected chi connectivity index (χ0v) is 24.5. The van der Waals surface area contributed by atoms with Gasteiger partial charge in [-0.1, -0.05) is 23.7 Å². The van der Waals surface area contributed by atoms with Crippen LogP contribution < -0.4 is 9.64 Å². The van der Waals surface area contributed by atoms with Crippen molar-refractivity contribution >= 4 is 39.1 Å². The normalized spacial score (nSPS) is 26.0. The number of alkyl halides is 1. The van der Waals surface area contributed by atoms with Crippen LogP contribution in [0.2, 0.25) is 5.02 Å². The van der Waals surface area contributed by atoms with Crippen LogP contribution in [0, 0.1) is 11.6 Å². The fraction of sp³-hybridized carbons (Fsp3) is 0.438. The molecular weight excluding hydrogens is 581 g/mol. The van der Waals surface area contributed by atoms with Gasteiger partial charge in [0.1, 0.15) is 35.7 Å². The van der Waals surface area contributed by atoms with Crippen molar-refractivity contribution < 1.29 is 28.1 Å². The van der Waals surface area contributed by atoms with Crippen molar-refractivity contribution in [3.05, 3.63) is 53.1 Å². The van der Waals surface area contributed by atoms with Crippen molar-refractivity contribution in [1.82, 2.24) is 14.9 Å². The molecule has 11 heteroatoms. The number of anilines is 1. The van der Waals surface area contributed by atoms with Crippen LogP contribution in [0.25, 0.3) is 32.8 Å². The molecule has 0 spiro atoms. The second-order valence-electron chi connectivity index (χ2n) is 12.5. The Balaban J connectivity index is 1.39. The fourth-order valence-electron chi connectivity index (χ4n) is 7.32. The number of hydrogen-bond donors (Lipinski definition) is 2. The monoisotopic (exact) mass is 612 g/mol. The van der Waals surface area contributed by atoms with Crippen LogP contribution in [0.3, 0.4) is 0 Å². The number of phenols is 1. The van der Waals surface area contributed by atoms with E-state index in [1.165, 1.54) is 18.2 Å². The predicted octanol–water partition coefficient (Wildman–Crippen LogP) is 6.39. The molecule has 3 aliphatic rings. The fourth-order valence-corrected chi connectivity index (χ4v) is 7.61. The van der Waals surface area contributed by atoms with Crippen LogP contribution in [0.15, 0.2) is 36.4 Å². The molecule has 4 heterocycles. The summed E-state index contributed by atoms with van der Waals surface area (Å²) in [6.45, 7) is 3.72. The first-order valence-corrected chi connectivity index (χ1v) is 15.0. The maximum atomic E-state index is 16.7. The summed E-state index contributed by atoms with van der Waals surface area (Å²) < 4.78 is 53.2. The third-order valence-corrected chi connectivity index (χ3v) is 9.54. The Labute approximate surface area is 251 Å². The van der Waals surface area contributed by atoms with Crippen LogP contribution >= 0.6 is 11.6 Å². The average molecular weight is 613 g/mol. The molecule has 3 atom stereocenters. The Bertz CT molecular complexity index is 1760. The van der Waals surface area contributed by atoms with Crippen molar-refractivity contribution in [3.63, 3.8) is 0 Å². The summed E-state index contributed by atoms with van der Waals surface area (Å²) in [5.74, 6) is -1.75. The summed E-state index contributed by atoms with van der Waals surface area (Å²) in [6.07, 6.45) is 2.34. The number of aliphatic hydroxyl groups is 1. The minimum absolute atomic E-state index is 0.0847. The molecule has 3 aliphatic heterocycles.